The summed E-state index contributed by atoms with van der Waals surface area (Å²) in [7, 11) is -2.79. The highest BCUT2D eigenvalue weighted by atomic mass is 35.5. The second-order valence-corrected chi connectivity index (χ2v) is 9.57. The number of halogens is 2. The maximum Gasteiger partial charge on any atom is 0.291 e. The van der Waals surface area contributed by atoms with Gasteiger partial charge in [0.05, 0.1) is 29.0 Å². The fourth-order valence-electron chi connectivity index (χ4n) is 2.04. The molecule has 0 spiro atoms. The molecule has 1 amide bonds. The molecule has 0 unspecified atom stereocenters. The van der Waals surface area contributed by atoms with E-state index in [1.165, 1.54) is 39.3 Å². The standard InChI is InChI=1S/C15H16Cl2N2O5S2/c1-15(2,21)11-7-18-14(25-11)26(22,23)19-12(20)5-8-4-9(16)6-10(17)13(8)24-3/h4,6-7,21H,5H2,1-3H3,(H,19,20). The molecule has 0 radical (unpaired) electrons. The molecule has 1 heterocycles. The third-order valence-corrected chi connectivity index (χ3v) is 6.78. The van der Waals surface area contributed by atoms with Crippen LogP contribution < -0.4 is 9.46 Å². The number of benzene rings is 1. The molecule has 2 N–H and O–H groups in total. The van der Waals surface area contributed by atoms with E-state index in [1.54, 1.807) is 0 Å². The van der Waals surface area contributed by atoms with Crippen molar-refractivity contribution in [2.75, 3.05) is 7.11 Å². The van der Waals surface area contributed by atoms with Crippen molar-refractivity contribution in [3.05, 3.63) is 38.8 Å². The summed E-state index contributed by atoms with van der Waals surface area (Å²) in [6.07, 6.45) is 0.940. The van der Waals surface area contributed by atoms with Gasteiger partial charge in [-0.1, -0.05) is 23.2 Å². The first-order chi connectivity index (χ1) is 11.9. The minimum absolute atomic E-state index is 0.209. The Balaban J connectivity index is 2.21. The number of sulfonamides is 1. The summed E-state index contributed by atoms with van der Waals surface area (Å²) in [4.78, 5) is 16.3. The highest BCUT2D eigenvalue weighted by molar-refractivity contribution is 7.92. The van der Waals surface area contributed by atoms with Gasteiger partial charge in [-0.05, 0) is 26.0 Å². The molecule has 0 saturated heterocycles. The van der Waals surface area contributed by atoms with E-state index < -0.39 is 21.5 Å². The molecule has 0 saturated carbocycles. The Kier molecular flexibility index (Phi) is 6.19. The van der Waals surface area contributed by atoms with Gasteiger partial charge in [0.2, 0.25) is 10.2 Å². The summed E-state index contributed by atoms with van der Waals surface area (Å²) in [5.41, 5.74) is -0.894. The largest absolute Gasteiger partial charge is 0.495 e. The minimum Gasteiger partial charge on any atom is -0.495 e. The number of carbonyl (C=O) groups excluding carboxylic acids is 1. The smallest absolute Gasteiger partial charge is 0.291 e. The van der Waals surface area contributed by atoms with Gasteiger partial charge in [0.1, 0.15) is 5.75 Å². The molecule has 11 heteroatoms. The van der Waals surface area contributed by atoms with Crippen molar-refractivity contribution < 1.29 is 23.1 Å². The van der Waals surface area contributed by atoms with Crippen molar-refractivity contribution >= 4 is 50.5 Å². The Labute approximate surface area is 165 Å². The van der Waals surface area contributed by atoms with Gasteiger partial charge < -0.3 is 9.84 Å². The van der Waals surface area contributed by atoms with Crippen molar-refractivity contribution in [2.45, 2.75) is 30.2 Å². The zero-order valence-corrected chi connectivity index (χ0v) is 17.2. The Morgan fingerprint density at radius 3 is 2.58 bits per heavy atom. The van der Waals surface area contributed by atoms with Crippen LogP contribution in [0.4, 0.5) is 0 Å². The van der Waals surface area contributed by atoms with E-state index in [0.717, 1.165) is 11.3 Å². The predicted molar refractivity (Wildman–Crippen MR) is 99.4 cm³/mol. The molecule has 7 nitrogen and oxygen atoms in total. The molecule has 1 aromatic carbocycles. The average Bonchev–Trinajstić information content (AvgIpc) is 2.96. The Bertz CT molecular complexity index is 936. The summed E-state index contributed by atoms with van der Waals surface area (Å²) in [6.45, 7) is 3.01. The lowest BCUT2D eigenvalue weighted by molar-refractivity contribution is -0.118. The van der Waals surface area contributed by atoms with Crippen LogP contribution in [0.3, 0.4) is 0 Å². The fourth-order valence-corrected chi connectivity index (χ4v) is 4.79. The molecular weight excluding hydrogens is 423 g/mol. The Morgan fingerprint density at radius 2 is 2.04 bits per heavy atom. The summed E-state index contributed by atoms with van der Waals surface area (Å²) in [5.74, 6) is -0.566. The quantitative estimate of drug-likeness (QED) is 0.717. The maximum absolute atomic E-state index is 12.3. The normalized spacial score (nSPS) is 12.1. The van der Waals surface area contributed by atoms with E-state index in [2.05, 4.69) is 4.98 Å². The minimum atomic E-state index is -4.17. The topological polar surface area (TPSA) is 106 Å². The van der Waals surface area contributed by atoms with Gasteiger partial charge in [-0.15, -0.1) is 11.3 Å². The summed E-state index contributed by atoms with van der Waals surface area (Å²) >= 11 is 12.7. The van der Waals surface area contributed by atoms with Gasteiger partial charge >= 0.3 is 0 Å². The number of aromatic nitrogens is 1. The van der Waals surface area contributed by atoms with Crippen molar-refractivity contribution in [1.82, 2.24) is 9.71 Å². The van der Waals surface area contributed by atoms with Gasteiger partial charge in [0.15, 0.2) is 0 Å². The molecule has 0 bridgehead atoms. The van der Waals surface area contributed by atoms with Crippen LogP contribution in [0.15, 0.2) is 22.7 Å². The van der Waals surface area contributed by atoms with Crippen LogP contribution in [0.1, 0.15) is 24.3 Å². The summed E-state index contributed by atoms with van der Waals surface area (Å²) < 4.78 is 31.4. The van der Waals surface area contributed by atoms with E-state index in [0.29, 0.717) is 10.4 Å². The van der Waals surface area contributed by atoms with E-state index >= 15 is 0 Å². The lowest BCUT2D eigenvalue weighted by Crippen LogP contribution is -2.31. The molecular formula is C15H16Cl2N2O5S2. The van der Waals surface area contributed by atoms with Crippen molar-refractivity contribution in [3.63, 3.8) is 0 Å². The predicted octanol–water partition coefficient (Wildman–Crippen LogP) is 2.73. The lowest BCUT2D eigenvalue weighted by Gasteiger charge is -2.13. The molecule has 0 aliphatic carbocycles. The Morgan fingerprint density at radius 1 is 1.38 bits per heavy atom. The van der Waals surface area contributed by atoms with Crippen LogP contribution in [0, 0.1) is 0 Å². The number of rotatable bonds is 6. The molecule has 2 aromatic rings. The summed E-state index contributed by atoms with van der Waals surface area (Å²) in [6, 6.07) is 2.92. The van der Waals surface area contributed by atoms with Crippen LogP contribution in [-0.2, 0) is 26.8 Å². The van der Waals surface area contributed by atoms with Gasteiger partial charge in [0.25, 0.3) is 10.0 Å². The van der Waals surface area contributed by atoms with Crippen molar-refractivity contribution in [3.8, 4) is 5.75 Å². The van der Waals surface area contributed by atoms with Crippen LogP contribution in [0.25, 0.3) is 0 Å². The SMILES string of the molecule is COc1c(Cl)cc(Cl)cc1CC(=O)NS(=O)(=O)c1ncc(C(C)(C)O)s1. The first-order valence-corrected chi connectivity index (χ1v) is 10.3. The molecule has 142 valence electrons. The first kappa shape index (κ1) is 20.9. The van der Waals surface area contributed by atoms with Gasteiger partial charge in [-0.2, -0.15) is 8.42 Å². The molecule has 2 rings (SSSR count). The molecule has 0 aliphatic heterocycles. The number of hydrogen-bond donors (Lipinski definition) is 2. The van der Waals surface area contributed by atoms with E-state index in [-0.39, 0.29) is 26.6 Å². The van der Waals surface area contributed by atoms with E-state index in [1.807, 2.05) is 4.72 Å². The highest BCUT2D eigenvalue weighted by Crippen LogP contribution is 2.32. The molecule has 0 atom stereocenters. The number of ether oxygens (including phenoxy) is 1. The second-order valence-electron chi connectivity index (χ2n) is 5.83. The van der Waals surface area contributed by atoms with Crippen molar-refractivity contribution in [1.29, 1.82) is 0 Å². The first-order valence-electron chi connectivity index (χ1n) is 7.20. The van der Waals surface area contributed by atoms with Crippen LogP contribution in [0.2, 0.25) is 10.0 Å². The number of amides is 1. The number of hydrogen-bond acceptors (Lipinski definition) is 7. The van der Waals surface area contributed by atoms with E-state index in [9.17, 15) is 18.3 Å². The van der Waals surface area contributed by atoms with Gasteiger partial charge in [-0.3, -0.25) is 4.79 Å². The number of nitrogens with one attached hydrogen (secondary N) is 1. The van der Waals surface area contributed by atoms with Crippen LogP contribution >= 0.6 is 34.5 Å². The van der Waals surface area contributed by atoms with Gasteiger partial charge in [0, 0.05) is 16.8 Å². The molecule has 1 aromatic heterocycles. The van der Waals surface area contributed by atoms with Gasteiger partial charge in [-0.25, -0.2) is 9.71 Å². The van der Waals surface area contributed by atoms with Crippen LogP contribution in [-0.4, -0.2) is 31.5 Å². The number of carbonyl (C=O) groups is 1. The second kappa shape index (κ2) is 7.69. The van der Waals surface area contributed by atoms with E-state index in [4.69, 9.17) is 27.9 Å². The number of nitrogens with zero attached hydrogens (tertiary/aromatic N) is 1. The third kappa shape index (κ3) is 4.86. The molecule has 0 fully saturated rings. The number of aliphatic hydroxyl groups is 1. The number of methoxy groups -OCH3 is 1. The fraction of sp³-hybridized carbons (Fsp3) is 0.333. The summed E-state index contributed by atoms with van der Waals surface area (Å²) in [5, 5.41) is 10.4. The Hall–Kier alpha value is -1.39. The maximum atomic E-state index is 12.3. The average molecular weight is 439 g/mol. The zero-order valence-electron chi connectivity index (χ0n) is 14.0. The molecule has 0 aliphatic rings. The number of thiazole rings is 1. The molecule has 26 heavy (non-hydrogen) atoms. The highest BCUT2D eigenvalue weighted by Gasteiger charge is 2.26. The lowest BCUT2D eigenvalue weighted by atomic mass is 10.1. The third-order valence-electron chi connectivity index (χ3n) is 3.21. The monoisotopic (exact) mass is 438 g/mol. The zero-order chi connectivity index (χ0) is 19.7. The van der Waals surface area contributed by atoms with Crippen LogP contribution in [0.5, 0.6) is 5.75 Å². The van der Waals surface area contributed by atoms with Crippen molar-refractivity contribution in [2.24, 2.45) is 0 Å².